The Morgan fingerprint density at radius 1 is 1.53 bits per heavy atom. The highest BCUT2D eigenvalue weighted by Gasteiger charge is 2.14. The van der Waals surface area contributed by atoms with E-state index in [1.807, 2.05) is 20.2 Å². The molecule has 1 unspecified atom stereocenters. The second kappa shape index (κ2) is 6.02. The molecule has 0 amide bonds. The molecule has 0 aliphatic heterocycles. The summed E-state index contributed by atoms with van der Waals surface area (Å²) in [6.45, 7) is 2.77. The van der Waals surface area contributed by atoms with Crippen molar-refractivity contribution in [1.29, 1.82) is 0 Å². The van der Waals surface area contributed by atoms with Crippen LogP contribution in [-0.2, 0) is 0 Å². The van der Waals surface area contributed by atoms with E-state index in [0.29, 0.717) is 22.7 Å². The number of benzene rings is 1. The van der Waals surface area contributed by atoms with Gasteiger partial charge in [-0.15, -0.1) is 0 Å². The number of nitrogens with one attached hydrogen (secondary N) is 1. The number of carboxylic acids is 1. The van der Waals surface area contributed by atoms with Crippen LogP contribution in [0.15, 0.2) is 22.7 Å². The summed E-state index contributed by atoms with van der Waals surface area (Å²) in [6, 6.07) is 5.65. The van der Waals surface area contributed by atoms with Crippen molar-refractivity contribution in [3.05, 3.63) is 28.2 Å². The van der Waals surface area contributed by atoms with Crippen LogP contribution in [0.5, 0.6) is 0 Å². The van der Waals surface area contributed by atoms with Gasteiger partial charge in [-0.25, -0.2) is 4.79 Å². The minimum absolute atomic E-state index is 0.276. The average molecular weight is 301 g/mol. The van der Waals surface area contributed by atoms with Gasteiger partial charge >= 0.3 is 5.97 Å². The Labute approximate surface area is 110 Å². The number of aromatic carboxylic acids is 1. The highest BCUT2D eigenvalue weighted by atomic mass is 79.9. The van der Waals surface area contributed by atoms with E-state index in [0.717, 1.165) is 0 Å². The number of hydrogen-bond donors (Lipinski definition) is 2. The summed E-state index contributed by atoms with van der Waals surface area (Å²) < 4.78 is 0.590. The van der Waals surface area contributed by atoms with Gasteiger partial charge in [0, 0.05) is 22.7 Å². The lowest BCUT2D eigenvalue weighted by Crippen LogP contribution is -2.31. The molecule has 94 valence electrons. The van der Waals surface area contributed by atoms with E-state index in [2.05, 4.69) is 33.1 Å². The molecule has 0 heterocycles. The highest BCUT2D eigenvalue weighted by Crippen LogP contribution is 2.24. The van der Waals surface area contributed by atoms with Crippen LogP contribution in [0, 0.1) is 0 Å². The van der Waals surface area contributed by atoms with Crippen LogP contribution in [0.2, 0.25) is 0 Å². The van der Waals surface area contributed by atoms with Crippen molar-refractivity contribution in [3.63, 3.8) is 0 Å². The molecule has 1 aromatic rings. The predicted molar refractivity (Wildman–Crippen MR) is 72.7 cm³/mol. The predicted octanol–water partition coefficient (Wildman–Crippen LogP) is 2.51. The summed E-state index contributed by atoms with van der Waals surface area (Å²) in [5.74, 6) is -0.933. The Morgan fingerprint density at radius 2 is 2.18 bits per heavy atom. The lowest BCUT2D eigenvalue weighted by atomic mass is 10.1. The molecule has 0 saturated carbocycles. The Kier molecular flexibility index (Phi) is 4.96. The maximum Gasteiger partial charge on any atom is 0.338 e. The van der Waals surface area contributed by atoms with Gasteiger partial charge in [-0.2, -0.15) is 0 Å². The van der Waals surface area contributed by atoms with Crippen molar-refractivity contribution in [2.45, 2.75) is 13.0 Å². The lowest BCUT2D eigenvalue weighted by molar-refractivity contribution is 0.0697. The van der Waals surface area contributed by atoms with Gasteiger partial charge in [-0.3, -0.25) is 0 Å². The van der Waals surface area contributed by atoms with Gasteiger partial charge < -0.3 is 15.3 Å². The van der Waals surface area contributed by atoms with E-state index in [-0.39, 0.29) is 5.56 Å². The molecule has 0 spiro atoms. The quantitative estimate of drug-likeness (QED) is 0.877. The Morgan fingerprint density at radius 3 is 2.71 bits per heavy atom. The molecule has 17 heavy (non-hydrogen) atoms. The zero-order valence-corrected chi connectivity index (χ0v) is 11.8. The van der Waals surface area contributed by atoms with Crippen LogP contribution in [-0.4, -0.2) is 42.7 Å². The van der Waals surface area contributed by atoms with Gasteiger partial charge in [0.1, 0.15) is 0 Å². The SMILES string of the molecule is CC(CNc1cccc(Br)c1C(=O)O)N(C)C. The monoisotopic (exact) mass is 300 g/mol. The summed E-state index contributed by atoms with van der Waals surface area (Å²) in [7, 11) is 3.98. The molecule has 0 aliphatic carbocycles. The molecule has 5 heteroatoms. The first-order chi connectivity index (χ1) is 7.93. The summed E-state index contributed by atoms with van der Waals surface area (Å²) in [6.07, 6.45) is 0. The number of likely N-dealkylation sites (N-methyl/N-ethyl adjacent to an activating group) is 1. The molecule has 2 N–H and O–H groups in total. The number of nitrogens with zero attached hydrogens (tertiary/aromatic N) is 1. The van der Waals surface area contributed by atoms with E-state index in [1.54, 1.807) is 12.1 Å². The standard InChI is InChI=1S/C12H17BrN2O2/c1-8(15(2)3)7-14-10-6-4-5-9(13)11(10)12(16)17/h4-6,8,14H,7H2,1-3H3,(H,16,17). The second-order valence-corrected chi connectivity index (χ2v) is 5.02. The molecule has 0 saturated heterocycles. The molecule has 1 aromatic carbocycles. The molecular weight excluding hydrogens is 284 g/mol. The number of halogens is 1. The Hall–Kier alpha value is -1.07. The van der Waals surface area contributed by atoms with E-state index in [9.17, 15) is 4.79 Å². The van der Waals surface area contributed by atoms with Gasteiger partial charge in [-0.05, 0) is 49.1 Å². The normalized spacial score (nSPS) is 12.5. The minimum Gasteiger partial charge on any atom is -0.478 e. The number of carbonyl (C=O) groups is 1. The number of hydrogen-bond acceptors (Lipinski definition) is 3. The fourth-order valence-corrected chi connectivity index (χ4v) is 1.86. The first-order valence-electron chi connectivity index (χ1n) is 5.35. The van der Waals surface area contributed by atoms with Crippen molar-refractivity contribution in [2.75, 3.05) is 26.0 Å². The molecule has 4 nitrogen and oxygen atoms in total. The molecule has 0 bridgehead atoms. The third-order valence-corrected chi connectivity index (χ3v) is 3.36. The Balaban J connectivity index is 2.84. The van der Waals surface area contributed by atoms with E-state index in [1.165, 1.54) is 0 Å². The minimum atomic E-state index is -0.933. The Bertz CT molecular complexity index is 407. The topological polar surface area (TPSA) is 52.6 Å². The van der Waals surface area contributed by atoms with Gasteiger partial charge in [0.05, 0.1) is 5.56 Å². The number of anilines is 1. The smallest absolute Gasteiger partial charge is 0.338 e. The van der Waals surface area contributed by atoms with Gasteiger partial charge in [0.15, 0.2) is 0 Å². The zero-order valence-electron chi connectivity index (χ0n) is 10.2. The summed E-state index contributed by atoms with van der Waals surface area (Å²) in [5.41, 5.74) is 0.916. The third-order valence-electron chi connectivity index (χ3n) is 2.70. The largest absolute Gasteiger partial charge is 0.478 e. The van der Waals surface area contributed by atoms with E-state index in [4.69, 9.17) is 5.11 Å². The summed E-state index contributed by atoms with van der Waals surface area (Å²) in [4.78, 5) is 13.2. The van der Waals surface area contributed by atoms with Crippen LogP contribution in [0.25, 0.3) is 0 Å². The van der Waals surface area contributed by atoms with Gasteiger partial charge in [0.25, 0.3) is 0 Å². The fourth-order valence-electron chi connectivity index (χ4n) is 1.33. The number of carboxylic acid groups (broad SMARTS) is 1. The van der Waals surface area contributed by atoms with Crippen LogP contribution in [0.4, 0.5) is 5.69 Å². The van der Waals surface area contributed by atoms with Crippen molar-refractivity contribution in [2.24, 2.45) is 0 Å². The van der Waals surface area contributed by atoms with Gasteiger partial charge in [0.2, 0.25) is 0 Å². The van der Waals surface area contributed by atoms with E-state index >= 15 is 0 Å². The maximum absolute atomic E-state index is 11.1. The third kappa shape index (κ3) is 3.71. The molecule has 1 rings (SSSR count). The van der Waals surface area contributed by atoms with Crippen LogP contribution in [0.1, 0.15) is 17.3 Å². The lowest BCUT2D eigenvalue weighted by Gasteiger charge is -2.21. The van der Waals surface area contributed by atoms with Crippen LogP contribution < -0.4 is 5.32 Å². The zero-order chi connectivity index (χ0) is 13.0. The second-order valence-electron chi connectivity index (χ2n) is 4.16. The average Bonchev–Trinajstić information content (AvgIpc) is 2.24. The molecule has 0 aromatic heterocycles. The molecule has 0 aliphatic rings. The van der Waals surface area contributed by atoms with Gasteiger partial charge in [-0.1, -0.05) is 6.07 Å². The molecule has 0 fully saturated rings. The van der Waals surface area contributed by atoms with Crippen molar-refractivity contribution >= 4 is 27.6 Å². The van der Waals surface area contributed by atoms with E-state index < -0.39 is 5.97 Å². The van der Waals surface area contributed by atoms with Crippen molar-refractivity contribution in [3.8, 4) is 0 Å². The molecular formula is C12H17BrN2O2. The van der Waals surface area contributed by atoms with Crippen LogP contribution in [0.3, 0.4) is 0 Å². The molecule has 0 radical (unpaired) electrons. The first kappa shape index (κ1) is 14.0. The number of rotatable bonds is 5. The van der Waals surface area contributed by atoms with Crippen molar-refractivity contribution < 1.29 is 9.90 Å². The molecule has 1 atom stereocenters. The summed E-state index contributed by atoms with van der Waals surface area (Å²) in [5, 5.41) is 12.3. The summed E-state index contributed by atoms with van der Waals surface area (Å²) >= 11 is 3.25. The highest BCUT2D eigenvalue weighted by molar-refractivity contribution is 9.10. The van der Waals surface area contributed by atoms with Crippen molar-refractivity contribution in [1.82, 2.24) is 4.90 Å². The maximum atomic E-state index is 11.1. The fraction of sp³-hybridized carbons (Fsp3) is 0.417. The van der Waals surface area contributed by atoms with Crippen LogP contribution >= 0.6 is 15.9 Å². The first-order valence-corrected chi connectivity index (χ1v) is 6.15.